The van der Waals surface area contributed by atoms with Gasteiger partial charge in [-0.3, -0.25) is 0 Å². The van der Waals surface area contributed by atoms with Crippen LogP contribution in [0.1, 0.15) is 24.1 Å². The van der Waals surface area contributed by atoms with Crippen LogP contribution in [0.15, 0.2) is 36.4 Å². The highest BCUT2D eigenvalue weighted by Gasteiger charge is 2.17. The summed E-state index contributed by atoms with van der Waals surface area (Å²) in [5.74, 6) is -0.459. The van der Waals surface area contributed by atoms with Crippen LogP contribution >= 0.6 is 23.2 Å². The molecule has 0 fully saturated rings. The fourth-order valence-electron chi connectivity index (χ4n) is 1.98. The molecule has 1 unspecified atom stereocenters. The van der Waals surface area contributed by atoms with E-state index in [1.807, 2.05) is 38.1 Å². The molecule has 0 aliphatic heterocycles. The summed E-state index contributed by atoms with van der Waals surface area (Å²) >= 11 is 12.1. The number of halogens is 3. The Morgan fingerprint density at radius 1 is 1.11 bits per heavy atom. The second kappa shape index (κ2) is 5.81. The van der Waals surface area contributed by atoms with Gasteiger partial charge in [0.05, 0.1) is 11.1 Å². The molecule has 4 heteroatoms. The minimum Gasteiger partial charge on any atom is -0.378 e. The molecule has 0 aliphatic rings. The number of aryl methyl sites for hydroxylation is 1. The zero-order valence-corrected chi connectivity index (χ0v) is 12.2. The maximum Gasteiger partial charge on any atom is 0.142 e. The highest BCUT2D eigenvalue weighted by atomic mass is 35.5. The predicted octanol–water partition coefficient (Wildman–Crippen LogP) is 5.61. The number of hydrogen-bond donors (Lipinski definition) is 1. The smallest absolute Gasteiger partial charge is 0.142 e. The van der Waals surface area contributed by atoms with Crippen LogP contribution in [0.25, 0.3) is 0 Å². The predicted molar refractivity (Wildman–Crippen MR) is 79.6 cm³/mol. The Morgan fingerprint density at radius 2 is 1.79 bits per heavy atom. The zero-order chi connectivity index (χ0) is 14.0. The molecule has 1 N–H and O–H groups in total. The van der Waals surface area contributed by atoms with E-state index in [0.29, 0.717) is 10.6 Å². The lowest BCUT2D eigenvalue weighted by molar-refractivity contribution is 0.624. The number of hydrogen-bond acceptors (Lipinski definition) is 1. The van der Waals surface area contributed by atoms with Gasteiger partial charge in [-0.15, -0.1) is 0 Å². The van der Waals surface area contributed by atoms with Gasteiger partial charge in [-0.25, -0.2) is 4.39 Å². The molecule has 1 atom stereocenters. The molecule has 0 amide bonds. The molecule has 0 saturated carbocycles. The van der Waals surface area contributed by atoms with Crippen molar-refractivity contribution in [3.8, 4) is 0 Å². The molecule has 19 heavy (non-hydrogen) atoms. The van der Waals surface area contributed by atoms with Crippen molar-refractivity contribution in [1.29, 1.82) is 0 Å². The van der Waals surface area contributed by atoms with Gasteiger partial charge in [0.25, 0.3) is 0 Å². The van der Waals surface area contributed by atoms with E-state index in [-0.39, 0.29) is 11.1 Å². The van der Waals surface area contributed by atoms with Crippen molar-refractivity contribution in [3.05, 3.63) is 63.4 Å². The maximum atomic E-state index is 13.5. The lowest BCUT2D eigenvalue weighted by Gasteiger charge is -2.20. The molecule has 2 aromatic carbocycles. The van der Waals surface area contributed by atoms with E-state index in [9.17, 15) is 4.39 Å². The van der Waals surface area contributed by atoms with Gasteiger partial charge in [-0.1, -0.05) is 41.4 Å². The summed E-state index contributed by atoms with van der Waals surface area (Å²) in [6.07, 6.45) is 0. The van der Waals surface area contributed by atoms with Gasteiger partial charge in [0.2, 0.25) is 0 Å². The van der Waals surface area contributed by atoms with E-state index in [1.165, 1.54) is 12.1 Å². The second-order valence-corrected chi connectivity index (χ2v) is 5.22. The van der Waals surface area contributed by atoms with Crippen molar-refractivity contribution in [2.45, 2.75) is 19.9 Å². The first-order valence-corrected chi connectivity index (χ1v) is 6.72. The molecule has 0 bridgehead atoms. The van der Waals surface area contributed by atoms with E-state index in [2.05, 4.69) is 5.32 Å². The van der Waals surface area contributed by atoms with Crippen LogP contribution in [-0.2, 0) is 0 Å². The first-order chi connectivity index (χ1) is 9.00. The van der Waals surface area contributed by atoms with Crippen molar-refractivity contribution in [2.75, 3.05) is 5.32 Å². The van der Waals surface area contributed by atoms with Crippen LogP contribution in [0, 0.1) is 12.7 Å². The van der Waals surface area contributed by atoms with Crippen molar-refractivity contribution in [1.82, 2.24) is 0 Å². The molecule has 0 aromatic heterocycles. The Bertz CT molecular complexity index is 599. The Morgan fingerprint density at radius 3 is 2.47 bits per heavy atom. The van der Waals surface area contributed by atoms with E-state index in [4.69, 9.17) is 23.2 Å². The van der Waals surface area contributed by atoms with Crippen LogP contribution in [0.3, 0.4) is 0 Å². The van der Waals surface area contributed by atoms with Gasteiger partial charge in [-0.05, 0) is 37.6 Å². The van der Waals surface area contributed by atoms with Crippen molar-refractivity contribution >= 4 is 28.9 Å². The van der Waals surface area contributed by atoms with Gasteiger partial charge >= 0.3 is 0 Å². The lowest BCUT2D eigenvalue weighted by Crippen LogP contribution is -2.09. The second-order valence-electron chi connectivity index (χ2n) is 4.44. The van der Waals surface area contributed by atoms with Crippen LogP contribution in [-0.4, -0.2) is 0 Å². The van der Waals surface area contributed by atoms with Crippen LogP contribution in [0.5, 0.6) is 0 Å². The summed E-state index contributed by atoms with van der Waals surface area (Å²) in [4.78, 5) is 0. The average Bonchev–Trinajstić information content (AvgIpc) is 2.37. The maximum absolute atomic E-state index is 13.5. The zero-order valence-electron chi connectivity index (χ0n) is 10.7. The number of para-hydroxylation sites is 1. The summed E-state index contributed by atoms with van der Waals surface area (Å²) in [5.41, 5.74) is 2.66. The summed E-state index contributed by atoms with van der Waals surface area (Å²) in [6, 6.07) is 10.5. The van der Waals surface area contributed by atoms with E-state index < -0.39 is 5.82 Å². The van der Waals surface area contributed by atoms with Gasteiger partial charge < -0.3 is 5.32 Å². The summed E-state index contributed by atoms with van der Waals surface area (Å²) < 4.78 is 13.5. The lowest BCUT2D eigenvalue weighted by atomic mass is 10.1. The summed E-state index contributed by atoms with van der Waals surface area (Å²) in [6.45, 7) is 3.91. The fraction of sp³-hybridized carbons (Fsp3) is 0.200. The third kappa shape index (κ3) is 3.02. The Kier molecular flexibility index (Phi) is 4.33. The summed E-state index contributed by atoms with van der Waals surface area (Å²) in [5, 5.41) is 3.83. The van der Waals surface area contributed by atoms with Gasteiger partial charge in [0.1, 0.15) is 5.82 Å². The number of anilines is 1. The van der Waals surface area contributed by atoms with E-state index in [0.717, 1.165) is 11.3 Å². The third-order valence-corrected chi connectivity index (χ3v) is 3.74. The van der Waals surface area contributed by atoms with Gasteiger partial charge in [-0.2, -0.15) is 0 Å². The van der Waals surface area contributed by atoms with E-state index in [1.54, 1.807) is 0 Å². The van der Waals surface area contributed by atoms with Crippen LogP contribution < -0.4 is 5.32 Å². The molecule has 0 aliphatic carbocycles. The van der Waals surface area contributed by atoms with Crippen LogP contribution in [0.2, 0.25) is 10.0 Å². The Balaban J connectivity index is 2.33. The van der Waals surface area contributed by atoms with Crippen molar-refractivity contribution in [3.63, 3.8) is 0 Å². The van der Waals surface area contributed by atoms with Crippen molar-refractivity contribution in [2.24, 2.45) is 0 Å². The molecule has 0 radical (unpaired) electrons. The largest absolute Gasteiger partial charge is 0.378 e. The van der Waals surface area contributed by atoms with Gasteiger partial charge in [0.15, 0.2) is 0 Å². The highest BCUT2D eigenvalue weighted by molar-refractivity contribution is 6.36. The molecule has 1 nitrogen and oxygen atoms in total. The number of benzene rings is 2. The van der Waals surface area contributed by atoms with Gasteiger partial charge in [0, 0.05) is 16.3 Å². The Labute approximate surface area is 122 Å². The SMILES string of the molecule is Cc1ccccc1NC(C)c1c(Cl)ccc(F)c1Cl. The monoisotopic (exact) mass is 297 g/mol. The fourth-order valence-corrected chi connectivity index (χ4v) is 2.68. The van der Waals surface area contributed by atoms with Crippen molar-refractivity contribution < 1.29 is 4.39 Å². The number of rotatable bonds is 3. The standard InChI is InChI=1S/C15H14Cl2FN/c1-9-5-3-4-6-13(9)19-10(2)14-11(16)7-8-12(18)15(14)17/h3-8,10,19H,1-2H3. The first-order valence-electron chi connectivity index (χ1n) is 5.96. The quantitative estimate of drug-likeness (QED) is 0.726. The topological polar surface area (TPSA) is 12.0 Å². The molecule has 100 valence electrons. The number of nitrogens with one attached hydrogen (secondary N) is 1. The molecule has 0 heterocycles. The third-order valence-electron chi connectivity index (χ3n) is 3.03. The summed E-state index contributed by atoms with van der Waals surface area (Å²) in [7, 11) is 0. The molecular weight excluding hydrogens is 284 g/mol. The highest BCUT2D eigenvalue weighted by Crippen LogP contribution is 2.34. The van der Waals surface area contributed by atoms with Crippen LogP contribution in [0.4, 0.5) is 10.1 Å². The Hall–Kier alpha value is -1.25. The normalized spacial score (nSPS) is 12.3. The average molecular weight is 298 g/mol. The molecule has 2 rings (SSSR count). The molecule has 2 aromatic rings. The minimum atomic E-state index is -0.459. The van der Waals surface area contributed by atoms with E-state index >= 15 is 0 Å². The molecule has 0 saturated heterocycles. The minimum absolute atomic E-state index is 0.0704. The first kappa shape index (κ1) is 14.2. The molecule has 0 spiro atoms. The molecular formula is C15H14Cl2FN.